The number of carbonyl (C=O) groups is 4. The summed E-state index contributed by atoms with van der Waals surface area (Å²) in [4.78, 5) is 65.9. The zero-order valence-corrected chi connectivity index (χ0v) is 20.9. The van der Waals surface area contributed by atoms with Crippen LogP contribution in [0.3, 0.4) is 0 Å². The summed E-state index contributed by atoms with van der Waals surface area (Å²) in [6.07, 6.45) is 0. The molecule has 2 amide bonds. The normalized spacial score (nSPS) is 17.6. The van der Waals surface area contributed by atoms with Crippen LogP contribution in [-0.4, -0.2) is 48.1 Å². The predicted molar refractivity (Wildman–Crippen MR) is 135 cm³/mol. The van der Waals surface area contributed by atoms with Gasteiger partial charge < -0.3 is 20.5 Å². The van der Waals surface area contributed by atoms with Crippen LogP contribution in [0.5, 0.6) is 0 Å². The van der Waals surface area contributed by atoms with Gasteiger partial charge in [0.1, 0.15) is 5.92 Å². The second kappa shape index (κ2) is 11.9. The number of aliphatic imine (C=N–C) groups is 1. The average molecular weight is 523 g/mol. The molecule has 1 aliphatic rings. The van der Waals surface area contributed by atoms with Gasteiger partial charge in [0, 0.05) is 35.0 Å². The number of carbonyl (C=O) groups excluding carboxylic acids is 4. The Balaban J connectivity index is 2.10. The summed E-state index contributed by atoms with van der Waals surface area (Å²) >= 11 is 0. The number of nitrogens with two attached hydrogens (primary N) is 1. The molecule has 3 rings (SSSR count). The Labute approximate surface area is 217 Å². The van der Waals surface area contributed by atoms with Crippen LogP contribution >= 0.6 is 0 Å². The van der Waals surface area contributed by atoms with Crippen LogP contribution in [-0.2, 0) is 28.7 Å². The molecular formula is C26H26N4O8. The Morgan fingerprint density at radius 2 is 1.79 bits per heavy atom. The third-order valence-electron chi connectivity index (χ3n) is 5.97. The molecule has 1 heterocycles. The first-order chi connectivity index (χ1) is 18.0. The van der Waals surface area contributed by atoms with Gasteiger partial charge >= 0.3 is 11.9 Å². The van der Waals surface area contributed by atoms with Gasteiger partial charge in [0.15, 0.2) is 12.6 Å². The second-order valence-electron chi connectivity index (χ2n) is 8.47. The molecule has 12 heteroatoms. The number of nitrogens with one attached hydrogen (secondary N) is 1. The number of methoxy groups -OCH3 is 1. The number of amides is 2. The first-order valence-corrected chi connectivity index (χ1v) is 11.4. The Morgan fingerprint density at radius 1 is 1.11 bits per heavy atom. The zero-order chi connectivity index (χ0) is 28.0. The lowest BCUT2D eigenvalue weighted by Crippen LogP contribution is -2.42. The lowest BCUT2D eigenvalue weighted by molar-refractivity contribution is -0.384. The van der Waals surface area contributed by atoms with Crippen molar-refractivity contribution in [2.45, 2.75) is 25.8 Å². The number of nitro benzene ring substituents is 1. The van der Waals surface area contributed by atoms with Crippen molar-refractivity contribution in [3.63, 3.8) is 0 Å². The summed E-state index contributed by atoms with van der Waals surface area (Å²) in [6, 6.07) is 12.4. The van der Waals surface area contributed by atoms with E-state index >= 15 is 0 Å². The van der Waals surface area contributed by atoms with Crippen LogP contribution in [0.2, 0.25) is 0 Å². The average Bonchev–Trinajstić information content (AvgIpc) is 2.89. The number of benzene rings is 2. The quantitative estimate of drug-likeness (QED) is 0.285. The Hall–Kier alpha value is -4.87. The minimum absolute atomic E-state index is 0.00938. The van der Waals surface area contributed by atoms with E-state index in [0.717, 1.165) is 0 Å². The van der Waals surface area contributed by atoms with Gasteiger partial charge in [-0.05, 0) is 25.0 Å². The van der Waals surface area contributed by atoms with Crippen molar-refractivity contribution < 1.29 is 33.6 Å². The molecule has 0 fully saturated rings. The van der Waals surface area contributed by atoms with Crippen LogP contribution in [0.1, 0.15) is 36.9 Å². The summed E-state index contributed by atoms with van der Waals surface area (Å²) in [5, 5.41) is 14.1. The first-order valence-electron chi connectivity index (χ1n) is 11.4. The van der Waals surface area contributed by atoms with Crippen LogP contribution in [0.25, 0.3) is 0 Å². The van der Waals surface area contributed by atoms with Crippen molar-refractivity contribution in [2.75, 3.05) is 13.7 Å². The fourth-order valence-corrected chi connectivity index (χ4v) is 4.32. The smallest absolute Gasteiger partial charge is 0.333 e. The maximum atomic E-state index is 13.8. The van der Waals surface area contributed by atoms with E-state index in [2.05, 4.69) is 10.3 Å². The van der Waals surface area contributed by atoms with Crippen molar-refractivity contribution in [2.24, 2.45) is 16.6 Å². The third kappa shape index (κ3) is 6.09. The van der Waals surface area contributed by atoms with Crippen molar-refractivity contribution in [1.29, 1.82) is 0 Å². The minimum atomic E-state index is -1.34. The van der Waals surface area contributed by atoms with Crippen LogP contribution < -0.4 is 11.1 Å². The highest BCUT2D eigenvalue weighted by Crippen LogP contribution is 2.40. The molecule has 1 aliphatic heterocycles. The standard InChI is InChI=1S/C26H26N4O8/c1-14-20(24(32)29-23(16-8-5-4-6-9-16)26(34)38-13-19(27)31)22(21(15(2)28-14)25(33)37-3)17-10-7-11-18(12-17)30(35)36/h4-12,21-23H,13H2,1-3H3,(H2,27,31)(H,29,32). The number of ether oxygens (including phenoxy) is 2. The first kappa shape index (κ1) is 27.7. The van der Waals surface area contributed by atoms with Gasteiger partial charge in [0.25, 0.3) is 17.5 Å². The molecule has 0 radical (unpaired) electrons. The molecule has 2 aromatic carbocycles. The lowest BCUT2D eigenvalue weighted by Gasteiger charge is -2.32. The molecule has 0 bridgehead atoms. The number of nitro groups is 1. The molecule has 0 aromatic heterocycles. The topological polar surface area (TPSA) is 180 Å². The number of allylic oxidation sites excluding steroid dienone is 1. The highest BCUT2D eigenvalue weighted by atomic mass is 16.6. The van der Waals surface area contributed by atoms with Crippen molar-refractivity contribution in [3.05, 3.63) is 87.1 Å². The molecule has 198 valence electrons. The zero-order valence-electron chi connectivity index (χ0n) is 20.9. The van der Waals surface area contributed by atoms with E-state index < -0.39 is 53.2 Å². The number of hydrogen-bond acceptors (Lipinski definition) is 9. The molecule has 3 atom stereocenters. The molecule has 0 saturated heterocycles. The van der Waals surface area contributed by atoms with E-state index in [1.54, 1.807) is 50.2 Å². The molecule has 0 spiro atoms. The van der Waals surface area contributed by atoms with Gasteiger partial charge in [0.05, 0.1) is 12.0 Å². The molecule has 2 aromatic rings. The largest absolute Gasteiger partial charge is 0.468 e. The maximum absolute atomic E-state index is 13.8. The summed E-state index contributed by atoms with van der Waals surface area (Å²) in [5.74, 6) is -5.36. The highest BCUT2D eigenvalue weighted by molar-refractivity contribution is 6.08. The van der Waals surface area contributed by atoms with Gasteiger partial charge in [-0.3, -0.25) is 29.5 Å². The number of rotatable bonds is 9. The van der Waals surface area contributed by atoms with Crippen LogP contribution in [0.4, 0.5) is 5.69 Å². The number of nitrogens with zero attached hydrogens (tertiary/aromatic N) is 2. The Morgan fingerprint density at radius 3 is 2.39 bits per heavy atom. The van der Waals surface area contributed by atoms with E-state index in [-0.39, 0.29) is 17.0 Å². The summed E-state index contributed by atoms with van der Waals surface area (Å²) in [5.41, 5.74) is 6.12. The predicted octanol–water partition coefficient (Wildman–Crippen LogP) is 2.10. The van der Waals surface area contributed by atoms with E-state index in [9.17, 15) is 29.3 Å². The van der Waals surface area contributed by atoms with E-state index in [0.29, 0.717) is 16.8 Å². The molecular weight excluding hydrogens is 496 g/mol. The van der Waals surface area contributed by atoms with Crippen molar-refractivity contribution in [1.82, 2.24) is 5.32 Å². The summed E-state index contributed by atoms with van der Waals surface area (Å²) in [7, 11) is 1.19. The summed E-state index contributed by atoms with van der Waals surface area (Å²) in [6.45, 7) is 2.46. The number of esters is 2. The molecule has 3 N–H and O–H groups in total. The third-order valence-corrected chi connectivity index (χ3v) is 5.97. The van der Waals surface area contributed by atoms with E-state index in [1.165, 1.54) is 25.3 Å². The van der Waals surface area contributed by atoms with Gasteiger partial charge in [-0.15, -0.1) is 0 Å². The minimum Gasteiger partial charge on any atom is -0.468 e. The van der Waals surface area contributed by atoms with E-state index in [1.807, 2.05) is 0 Å². The van der Waals surface area contributed by atoms with Gasteiger partial charge in [-0.2, -0.15) is 0 Å². The van der Waals surface area contributed by atoms with Gasteiger partial charge in [-0.25, -0.2) is 4.79 Å². The van der Waals surface area contributed by atoms with Crippen molar-refractivity contribution in [3.8, 4) is 0 Å². The Bertz CT molecular complexity index is 1340. The maximum Gasteiger partial charge on any atom is 0.333 e. The molecule has 0 saturated carbocycles. The van der Waals surface area contributed by atoms with E-state index in [4.69, 9.17) is 15.2 Å². The molecule has 0 aliphatic carbocycles. The Kier molecular flexibility index (Phi) is 8.69. The monoisotopic (exact) mass is 522 g/mol. The van der Waals surface area contributed by atoms with Crippen LogP contribution in [0, 0.1) is 16.0 Å². The fourth-order valence-electron chi connectivity index (χ4n) is 4.32. The van der Waals surface area contributed by atoms with Crippen molar-refractivity contribution >= 4 is 35.2 Å². The van der Waals surface area contributed by atoms with Crippen LogP contribution in [0.15, 0.2) is 70.9 Å². The number of primary amides is 1. The second-order valence-corrected chi connectivity index (χ2v) is 8.47. The molecule has 3 unspecified atom stereocenters. The number of hydrogen-bond donors (Lipinski definition) is 2. The highest BCUT2D eigenvalue weighted by Gasteiger charge is 2.42. The SMILES string of the molecule is COC(=O)C1C(C)=NC(C)=C(C(=O)NC(C(=O)OCC(N)=O)c2ccccc2)C1c1cccc([N+](=O)[O-])c1. The van der Waals surface area contributed by atoms with Gasteiger partial charge in [-0.1, -0.05) is 42.5 Å². The molecule has 12 nitrogen and oxygen atoms in total. The number of non-ortho nitro benzene ring substituents is 1. The lowest BCUT2D eigenvalue weighted by atomic mass is 9.75. The van der Waals surface area contributed by atoms with Gasteiger partial charge in [0.2, 0.25) is 0 Å². The fraction of sp³-hybridized carbons (Fsp3) is 0.269. The summed E-state index contributed by atoms with van der Waals surface area (Å²) < 4.78 is 9.93. The molecule has 38 heavy (non-hydrogen) atoms.